The molecule has 1 aliphatic rings. The summed E-state index contributed by atoms with van der Waals surface area (Å²) >= 11 is 0. The van der Waals surface area contributed by atoms with Crippen molar-refractivity contribution < 1.29 is 18.0 Å². The number of piperidine rings is 1. The molecular formula is C9H16F3N3O. The number of nitrogens with two attached hydrogens (primary N) is 2. The third kappa shape index (κ3) is 3.64. The first-order valence-corrected chi connectivity index (χ1v) is 5.14. The highest BCUT2D eigenvalue weighted by Gasteiger charge is 2.41. The van der Waals surface area contributed by atoms with Gasteiger partial charge < -0.3 is 16.4 Å². The van der Waals surface area contributed by atoms with Gasteiger partial charge in [-0.25, -0.2) is 0 Å². The van der Waals surface area contributed by atoms with Crippen LogP contribution in [0.1, 0.15) is 12.8 Å². The minimum Gasteiger partial charge on any atom is -0.368 e. The Morgan fingerprint density at radius 2 is 1.88 bits per heavy atom. The molecule has 0 bridgehead atoms. The first-order chi connectivity index (χ1) is 7.30. The average Bonchev–Trinajstić information content (AvgIpc) is 2.17. The molecule has 0 spiro atoms. The van der Waals surface area contributed by atoms with Crippen molar-refractivity contribution in [1.82, 2.24) is 4.90 Å². The van der Waals surface area contributed by atoms with Crippen LogP contribution in [-0.4, -0.2) is 42.7 Å². The van der Waals surface area contributed by atoms with E-state index in [1.54, 1.807) is 4.90 Å². The van der Waals surface area contributed by atoms with Crippen molar-refractivity contribution in [2.75, 3.05) is 19.6 Å². The van der Waals surface area contributed by atoms with Gasteiger partial charge in [-0.1, -0.05) is 0 Å². The Balaban J connectivity index is 2.35. The van der Waals surface area contributed by atoms with Crippen molar-refractivity contribution in [3.05, 3.63) is 0 Å². The number of nitrogens with zero attached hydrogens (tertiary/aromatic N) is 1. The molecule has 7 heteroatoms. The maximum Gasteiger partial charge on any atom is 0.391 e. The van der Waals surface area contributed by atoms with Gasteiger partial charge in [0.15, 0.2) is 0 Å². The summed E-state index contributed by atoms with van der Waals surface area (Å²) in [6.45, 7) is 0.857. The highest BCUT2D eigenvalue weighted by molar-refractivity contribution is 5.79. The van der Waals surface area contributed by atoms with Crippen molar-refractivity contribution in [1.29, 1.82) is 0 Å². The zero-order valence-corrected chi connectivity index (χ0v) is 8.83. The van der Waals surface area contributed by atoms with Gasteiger partial charge in [0, 0.05) is 6.54 Å². The maximum atomic E-state index is 12.3. The predicted molar refractivity (Wildman–Crippen MR) is 52.4 cm³/mol. The van der Waals surface area contributed by atoms with Gasteiger partial charge in [-0.3, -0.25) is 4.79 Å². The largest absolute Gasteiger partial charge is 0.391 e. The second-order valence-corrected chi connectivity index (χ2v) is 4.13. The van der Waals surface area contributed by atoms with E-state index in [1.165, 1.54) is 0 Å². The van der Waals surface area contributed by atoms with Crippen molar-refractivity contribution >= 4 is 5.91 Å². The summed E-state index contributed by atoms with van der Waals surface area (Å²) in [4.78, 5) is 12.4. The van der Waals surface area contributed by atoms with E-state index in [4.69, 9.17) is 11.5 Å². The molecule has 1 heterocycles. The van der Waals surface area contributed by atoms with Crippen LogP contribution in [0.15, 0.2) is 0 Å². The van der Waals surface area contributed by atoms with E-state index < -0.39 is 24.0 Å². The van der Waals surface area contributed by atoms with Gasteiger partial charge in [-0.15, -0.1) is 0 Å². The van der Waals surface area contributed by atoms with Gasteiger partial charge >= 0.3 is 6.18 Å². The van der Waals surface area contributed by atoms with Crippen molar-refractivity contribution in [3.63, 3.8) is 0 Å². The summed E-state index contributed by atoms with van der Waals surface area (Å²) in [6.07, 6.45) is -3.98. The Hall–Kier alpha value is -0.820. The fourth-order valence-electron chi connectivity index (χ4n) is 1.81. The molecule has 1 aliphatic heterocycles. The molecule has 0 aliphatic carbocycles. The minimum atomic E-state index is -4.11. The number of alkyl halides is 3. The summed E-state index contributed by atoms with van der Waals surface area (Å²) in [5.74, 6) is -1.86. The van der Waals surface area contributed by atoms with Crippen molar-refractivity contribution in [2.45, 2.75) is 25.1 Å². The Kier molecular flexibility index (Phi) is 4.15. The van der Waals surface area contributed by atoms with Crippen LogP contribution in [0.5, 0.6) is 0 Å². The molecule has 4 nitrogen and oxygen atoms in total. The zero-order valence-electron chi connectivity index (χ0n) is 8.83. The lowest BCUT2D eigenvalue weighted by molar-refractivity contribution is -0.185. The number of hydrogen-bond acceptors (Lipinski definition) is 3. The molecule has 1 saturated heterocycles. The number of likely N-dealkylation sites (tertiary alicyclic amines) is 1. The van der Waals surface area contributed by atoms with E-state index in [0.717, 1.165) is 0 Å². The standard InChI is InChI=1S/C9H16F3N3O/c10-9(11,12)6-1-3-15(4-2-6)5-7(13)8(14)16/h6-7H,1-5,13H2,(H2,14,16). The van der Waals surface area contributed by atoms with E-state index in [2.05, 4.69) is 0 Å². The smallest absolute Gasteiger partial charge is 0.368 e. The Morgan fingerprint density at radius 3 is 2.25 bits per heavy atom. The van der Waals surface area contributed by atoms with Gasteiger partial charge in [-0.2, -0.15) is 13.2 Å². The molecule has 1 unspecified atom stereocenters. The number of rotatable bonds is 3. The van der Waals surface area contributed by atoms with Crippen LogP contribution in [0.3, 0.4) is 0 Å². The second-order valence-electron chi connectivity index (χ2n) is 4.13. The van der Waals surface area contributed by atoms with Gasteiger partial charge in [-0.05, 0) is 25.9 Å². The van der Waals surface area contributed by atoms with Crippen molar-refractivity contribution in [3.8, 4) is 0 Å². The van der Waals surface area contributed by atoms with Gasteiger partial charge in [0.1, 0.15) is 0 Å². The minimum absolute atomic E-state index is 0.0645. The van der Waals surface area contributed by atoms with E-state index >= 15 is 0 Å². The lowest BCUT2D eigenvalue weighted by atomic mass is 9.96. The molecule has 0 saturated carbocycles. The summed E-state index contributed by atoms with van der Waals surface area (Å²) in [5, 5.41) is 0. The van der Waals surface area contributed by atoms with E-state index in [-0.39, 0.29) is 19.4 Å². The summed E-state index contributed by atoms with van der Waals surface area (Å²) < 4.78 is 37.0. The molecule has 16 heavy (non-hydrogen) atoms. The number of carbonyl (C=O) groups is 1. The summed E-state index contributed by atoms with van der Waals surface area (Å²) in [6, 6.07) is -0.803. The molecule has 0 aromatic heterocycles. The Labute approximate surface area is 91.8 Å². The maximum absolute atomic E-state index is 12.3. The van der Waals surface area contributed by atoms with Crippen LogP contribution >= 0.6 is 0 Å². The molecule has 1 atom stereocenters. The number of carbonyl (C=O) groups excluding carboxylic acids is 1. The van der Waals surface area contributed by atoms with Gasteiger partial charge in [0.2, 0.25) is 5.91 Å². The fraction of sp³-hybridized carbons (Fsp3) is 0.889. The molecule has 94 valence electrons. The van der Waals surface area contributed by atoms with E-state index in [1.807, 2.05) is 0 Å². The van der Waals surface area contributed by atoms with Gasteiger partial charge in [0.25, 0.3) is 0 Å². The molecular weight excluding hydrogens is 223 g/mol. The molecule has 0 radical (unpaired) electrons. The Bertz CT molecular complexity index is 249. The number of hydrogen-bond donors (Lipinski definition) is 2. The second kappa shape index (κ2) is 5.01. The first kappa shape index (κ1) is 13.2. The lowest BCUT2D eigenvalue weighted by Crippen LogP contribution is -2.49. The molecule has 1 fully saturated rings. The quantitative estimate of drug-likeness (QED) is 0.732. The fourth-order valence-corrected chi connectivity index (χ4v) is 1.81. The highest BCUT2D eigenvalue weighted by atomic mass is 19.4. The summed E-state index contributed by atoms with van der Waals surface area (Å²) in [7, 11) is 0. The van der Waals surface area contributed by atoms with Crippen LogP contribution in [0.4, 0.5) is 13.2 Å². The number of amides is 1. The zero-order chi connectivity index (χ0) is 12.3. The predicted octanol–water partition coefficient (Wildman–Crippen LogP) is 0.0733. The highest BCUT2D eigenvalue weighted by Crippen LogP contribution is 2.33. The third-order valence-electron chi connectivity index (χ3n) is 2.87. The number of primary amides is 1. The molecule has 1 amide bonds. The molecule has 1 rings (SSSR count). The molecule has 0 aromatic rings. The topological polar surface area (TPSA) is 72.3 Å². The van der Waals surface area contributed by atoms with E-state index in [9.17, 15) is 18.0 Å². The Morgan fingerprint density at radius 1 is 1.38 bits per heavy atom. The molecule has 4 N–H and O–H groups in total. The van der Waals surface area contributed by atoms with E-state index in [0.29, 0.717) is 13.1 Å². The third-order valence-corrected chi connectivity index (χ3v) is 2.87. The van der Waals surface area contributed by atoms with Crippen LogP contribution < -0.4 is 11.5 Å². The van der Waals surface area contributed by atoms with Gasteiger partial charge in [0.05, 0.1) is 12.0 Å². The van der Waals surface area contributed by atoms with Crippen LogP contribution in [-0.2, 0) is 4.79 Å². The number of halogens is 3. The van der Waals surface area contributed by atoms with Crippen LogP contribution in [0.2, 0.25) is 0 Å². The SMILES string of the molecule is NC(=O)C(N)CN1CCC(C(F)(F)F)CC1. The van der Waals surface area contributed by atoms with Crippen LogP contribution in [0.25, 0.3) is 0 Å². The average molecular weight is 239 g/mol. The van der Waals surface area contributed by atoms with Crippen molar-refractivity contribution in [2.24, 2.45) is 17.4 Å². The lowest BCUT2D eigenvalue weighted by Gasteiger charge is -2.33. The monoisotopic (exact) mass is 239 g/mol. The first-order valence-electron chi connectivity index (χ1n) is 5.14. The van der Waals surface area contributed by atoms with Crippen LogP contribution in [0, 0.1) is 5.92 Å². The molecule has 0 aromatic carbocycles. The summed E-state index contributed by atoms with van der Waals surface area (Å²) in [5.41, 5.74) is 10.4. The normalized spacial score (nSPS) is 22.0.